The van der Waals surface area contributed by atoms with Crippen LogP contribution in [0.25, 0.3) is 0 Å². The molecule has 0 atom stereocenters. The summed E-state index contributed by atoms with van der Waals surface area (Å²) in [5.41, 5.74) is 1.16. The Morgan fingerprint density at radius 2 is 1.57 bits per heavy atom. The van der Waals surface area contributed by atoms with E-state index < -0.39 is 0 Å². The maximum Gasteiger partial charge on any atom is 0.254 e. The highest BCUT2D eigenvalue weighted by Crippen LogP contribution is 2.38. The molecule has 3 rings (SSSR count). The van der Waals surface area contributed by atoms with E-state index in [4.69, 9.17) is 14.2 Å². The number of amides is 1. The van der Waals surface area contributed by atoms with Crippen molar-refractivity contribution in [3.8, 4) is 17.2 Å². The maximum absolute atomic E-state index is 13.9. The molecule has 0 saturated carbocycles. The molecule has 0 N–H and O–H groups in total. The van der Waals surface area contributed by atoms with Crippen molar-refractivity contribution in [2.45, 2.75) is 6.54 Å². The number of piperazine rings is 1. The highest BCUT2D eigenvalue weighted by molar-refractivity contribution is 5.95. The second kappa shape index (κ2) is 8.93. The SMILES string of the molecule is COc1cc(C(=O)N2CCN(Cc3ccccc3F)CC2)cc(OC)c1OC. The van der Waals surface area contributed by atoms with Crippen LogP contribution in [-0.4, -0.2) is 63.2 Å². The first-order valence-corrected chi connectivity index (χ1v) is 9.12. The average molecular weight is 388 g/mol. The minimum absolute atomic E-state index is 0.0928. The second-order valence-corrected chi connectivity index (χ2v) is 6.57. The summed E-state index contributed by atoms with van der Waals surface area (Å²) >= 11 is 0. The summed E-state index contributed by atoms with van der Waals surface area (Å²) < 4.78 is 29.8. The summed E-state index contributed by atoms with van der Waals surface area (Å²) in [5.74, 6) is 1.06. The lowest BCUT2D eigenvalue weighted by Crippen LogP contribution is -2.48. The van der Waals surface area contributed by atoms with Gasteiger partial charge < -0.3 is 19.1 Å². The van der Waals surface area contributed by atoms with Crippen LogP contribution in [0.2, 0.25) is 0 Å². The molecule has 150 valence electrons. The van der Waals surface area contributed by atoms with E-state index in [0.29, 0.717) is 61.1 Å². The zero-order valence-electron chi connectivity index (χ0n) is 16.4. The Balaban J connectivity index is 1.67. The maximum atomic E-state index is 13.9. The van der Waals surface area contributed by atoms with Crippen molar-refractivity contribution in [3.63, 3.8) is 0 Å². The van der Waals surface area contributed by atoms with Crippen LogP contribution < -0.4 is 14.2 Å². The molecule has 28 heavy (non-hydrogen) atoms. The molecule has 0 aromatic heterocycles. The van der Waals surface area contributed by atoms with Gasteiger partial charge in [0.25, 0.3) is 5.91 Å². The summed E-state index contributed by atoms with van der Waals surface area (Å²) in [7, 11) is 4.57. The van der Waals surface area contributed by atoms with Crippen LogP contribution >= 0.6 is 0 Å². The third-order valence-electron chi connectivity index (χ3n) is 4.92. The smallest absolute Gasteiger partial charge is 0.254 e. The van der Waals surface area contributed by atoms with Gasteiger partial charge in [0.05, 0.1) is 21.3 Å². The van der Waals surface area contributed by atoms with Crippen molar-refractivity contribution in [2.24, 2.45) is 0 Å². The zero-order chi connectivity index (χ0) is 20.1. The molecule has 0 bridgehead atoms. The quantitative estimate of drug-likeness (QED) is 0.762. The van der Waals surface area contributed by atoms with Crippen LogP contribution in [0.1, 0.15) is 15.9 Å². The van der Waals surface area contributed by atoms with Gasteiger partial charge in [-0.05, 0) is 18.2 Å². The summed E-state index contributed by atoms with van der Waals surface area (Å²) in [6, 6.07) is 10.1. The van der Waals surface area contributed by atoms with E-state index in [1.165, 1.54) is 27.4 Å². The molecule has 0 radical (unpaired) electrons. The number of hydrogen-bond acceptors (Lipinski definition) is 5. The molecule has 1 aliphatic heterocycles. The second-order valence-electron chi connectivity index (χ2n) is 6.57. The normalized spacial score (nSPS) is 14.6. The van der Waals surface area contributed by atoms with Gasteiger partial charge in [-0.3, -0.25) is 9.69 Å². The highest BCUT2D eigenvalue weighted by Gasteiger charge is 2.25. The standard InChI is InChI=1S/C21H25FN2O4/c1-26-18-12-16(13-19(27-2)20(18)28-3)21(25)24-10-8-23(9-11-24)14-15-6-4-5-7-17(15)22/h4-7,12-13H,8-11,14H2,1-3H3. The molecule has 0 unspecified atom stereocenters. The first-order chi connectivity index (χ1) is 13.6. The number of hydrogen-bond donors (Lipinski definition) is 0. The predicted octanol–water partition coefficient (Wildman–Crippen LogP) is 2.81. The van der Waals surface area contributed by atoms with Crippen LogP contribution in [0.5, 0.6) is 17.2 Å². The lowest BCUT2D eigenvalue weighted by molar-refractivity contribution is 0.0626. The molecule has 1 fully saturated rings. The molecule has 6 nitrogen and oxygen atoms in total. The van der Waals surface area contributed by atoms with E-state index >= 15 is 0 Å². The van der Waals surface area contributed by atoms with Crippen molar-refractivity contribution in [3.05, 3.63) is 53.3 Å². The largest absolute Gasteiger partial charge is 0.493 e. The van der Waals surface area contributed by atoms with Crippen LogP contribution in [0.3, 0.4) is 0 Å². The third kappa shape index (κ3) is 4.20. The minimum Gasteiger partial charge on any atom is -0.493 e. The Hall–Kier alpha value is -2.80. The first kappa shape index (κ1) is 19.9. The van der Waals surface area contributed by atoms with E-state index in [1.54, 1.807) is 29.2 Å². The summed E-state index contributed by atoms with van der Waals surface area (Å²) in [5, 5.41) is 0. The van der Waals surface area contributed by atoms with Gasteiger partial charge in [0, 0.05) is 43.9 Å². The predicted molar refractivity (Wildman–Crippen MR) is 104 cm³/mol. The molecule has 1 heterocycles. The van der Waals surface area contributed by atoms with Crippen LogP contribution in [0.15, 0.2) is 36.4 Å². The summed E-state index contributed by atoms with van der Waals surface area (Å²) in [6.45, 7) is 3.06. The van der Waals surface area contributed by atoms with Gasteiger partial charge in [0.15, 0.2) is 11.5 Å². The summed E-state index contributed by atoms with van der Waals surface area (Å²) in [6.07, 6.45) is 0. The molecule has 1 aliphatic rings. The number of carbonyl (C=O) groups excluding carboxylic acids is 1. The van der Waals surface area contributed by atoms with Crippen LogP contribution in [0, 0.1) is 5.82 Å². The number of carbonyl (C=O) groups is 1. The Labute approximate surface area is 164 Å². The molecule has 0 aliphatic carbocycles. The molecule has 1 amide bonds. The lowest BCUT2D eigenvalue weighted by Gasteiger charge is -2.35. The molecular weight excluding hydrogens is 363 g/mol. The fraction of sp³-hybridized carbons (Fsp3) is 0.381. The average Bonchev–Trinajstić information content (AvgIpc) is 2.74. The van der Waals surface area contributed by atoms with Crippen molar-refractivity contribution in [2.75, 3.05) is 47.5 Å². The Bertz CT molecular complexity index is 810. The monoisotopic (exact) mass is 388 g/mol. The molecule has 7 heteroatoms. The number of nitrogens with zero attached hydrogens (tertiary/aromatic N) is 2. The van der Waals surface area contributed by atoms with Crippen molar-refractivity contribution in [1.29, 1.82) is 0 Å². The molecule has 0 spiro atoms. The van der Waals surface area contributed by atoms with Crippen LogP contribution in [0.4, 0.5) is 4.39 Å². The van der Waals surface area contributed by atoms with Gasteiger partial charge >= 0.3 is 0 Å². The lowest BCUT2D eigenvalue weighted by atomic mass is 10.1. The zero-order valence-corrected chi connectivity index (χ0v) is 16.4. The van der Waals surface area contributed by atoms with Gasteiger partial charge in [0.1, 0.15) is 5.82 Å². The number of halogens is 1. The Morgan fingerprint density at radius 1 is 0.964 bits per heavy atom. The van der Waals surface area contributed by atoms with Crippen LogP contribution in [-0.2, 0) is 6.54 Å². The third-order valence-corrected chi connectivity index (χ3v) is 4.92. The van der Waals surface area contributed by atoms with E-state index in [0.717, 1.165) is 0 Å². The number of ether oxygens (including phenoxy) is 3. The minimum atomic E-state index is -0.196. The number of methoxy groups -OCH3 is 3. The van der Waals surface area contributed by atoms with Gasteiger partial charge in [-0.2, -0.15) is 0 Å². The number of benzene rings is 2. The van der Waals surface area contributed by atoms with Crippen molar-refractivity contribution < 1.29 is 23.4 Å². The fourth-order valence-corrected chi connectivity index (χ4v) is 3.36. The number of rotatable bonds is 6. The molecule has 2 aromatic carbocycles. The van der Waals surface area contributed by atoms with Gasteiger partial charge in [-0.1, -0.05) is 18.2 Å². The van der Waals surface area contributed by atoms with Gasteiger partial charge in [-0.15, -0.1) is 0 Å². The Morgan fingerprint density at radius 3 is 2.11 bits per heavy atom. The first-order valence-electron chi connectivity index (χ1n) is 9.12. The van der Waals surface area contributed by atoms with E-state index in [2.05, 4.69) is 4.90 Å². The Kier molecular flexibility index (Phi) is 6.36. The summed E-state index contributed by atoms with van der Waals surface area (Å²) in [4.78, 5) is 16.9. The van der Waals surface area contributed by atoms with Gasteiger partial charge in [0.2, 0.25) is 5.75 Å². The van der Waals surface area contributed by atoms with Crippen molar-refractivity contribution in [1.82, 2.24) is 9.80 Å². The molecular formula is C21H25FN2O4. The fourth-order valence-electron chi connectivity index (χ4n) is 3.36. The van der Waals surface area contributed by atoms with E-state index in [1.807, 2.05) is 6.07 Å². The van der Waals surface area contributed by atoms with Crippen molar-refractivity contribution >= 4 is 5.91 Å². The molecule has 1 saturated heterocycles. The van der Waals surface area contributed by atoms with E-state index in [9.17, 15) is 9.18 Å². The topological polar surface area (TPSA) is 51.2 Å². The molecule has 2 aromatic rings. The highest BCUT2D eigenvalue weighted by atomic mass is 19.1. The van der Waals surface area contributed by atoms with E-state index in [-0.39, 0.29) is 11.7 Å². The van der Waals surface area contributed by atoms with Gasteiger partial charge in [-0.25, -0.2) is 4.39 Å².